The van der Waals surface area contributed by atoms with Crippen molar-refractivity contribution in [1.82, 2.24) is 16.0 Å². The molecule has 9 nitrogen and oxygen atoms in total. The van der Waals surface area contributed by atoms with Gasteiger partial charge in [-0.25, -0.2) is 4.79 Å². The number of carboxylic acids is 1. The summed E-state index contributed by atoms with van der Waals surface area (Å²) in [5.41, 5.74) is 6.48. The molecule has 0 saturated heterocycles. The molecule has 0 fully saturated rings. The molecule has 0 heterocycles. The van der Waals surface area contributed by atoms with Crippen LogP contribution in [0.3, 0.4) is 0 Å². The van der Waals surface area contributed by atoms with Crippen molar-refractivity contribution in [3.63, 3.8) is 0 Å². The number of aliphatic carboxylic acids is 1. The Kier molecular flexibility index (Phi) is 12.7. The molecule has 0 radical (unpaired) electrons. The van der Waals surface area contributed by atoms with E-state index in [1.54, 1.807) is 24.3 Å². The number of carbonyl (C=O) groups excluding carboxylic acids is 3. The monoisotopic (exact) mass is 494 g/mol. The van der Waals surface area contributed by atoms with Gasteiger partial charge in [-0.3, -0.25) is 14.4 Å². The predicted molar refractivity (Wildman–Crippen MR) is 134 cm³/mol. The Morgan fingerprint density at radius 1 is 0.824 bits per heavy atom. The highest BCUT2D eigenvalue weighted by Gasteiger charge is 2.31. The van der Waals surface area contributed by atoms with Gasteiger partial charge in [0.25, 0.3) is 0 Å². The van der Waals surface area contributed by atoms with Crippen LogP contribution in [0, 0.1) is 11.8 Å². The average Bonchev–Trinajstić information content (AvgIpc) is 2.76. The Morgan fingerprint density at radius 3 is 1.68 bits per heavy atom. The molecule has 10 heteroatoms. The fourth-order valence-electron chi connectivity index (χ4n) is 3.36. The van der Waals surface area contributed by atoms with Crippen LogP contribution in [0.4, 0.5) is 0 Å². The highest BCUT2D eigenvalue weighted by Crippen LogP contribution is 2.10. The van der Waals surface area contributed by atoms with E-state index in [4.69, 9.17) is 5.73 Å². The Hall–Kier alpha value is -2.59. The van der Waals surface area contributed by atoms with Crippen LogP contribution in [-0.4, -0.2) is 58.7 Å². The van der Waals surface area contributed by atoms with E-state index in [9.17, 15) is 24.3 Å². The second kappa shape index (κ2) is 14.6. The molecule has 4 unspecified atom stereocenters. The maximum Gasteiger partial charge on any atom is 0.326 e. The normalized spacial score (nSPS) is 14.7. The van der Waals surface area contributed by atoms with E-state index in [2.05, 4.69) is 28.6 Å². The van der Waals surface area contributed by atoms with Gasteiger partial charge < -0.3 is 26.8 Å². The van der Waals surface area contributed by atoms with Crippen LogP contribution in [-0.2, 0) is 25.6 Å². The quantitative estimate of drug-likeness (QED) is 0.213. The fraction of sp³-hybridized carbons (Fsp3) is 0.583. The van der Waals surface area contributed by atoms with Crippen molar-refractivity contribution in [3.05, 3.63) is 35.9 Å². The van der Waals surface area contributed by atoms with Crippen LogP contribution in [0.2, 0.25) is 0 Å². The number of rotatable bonds is 14. The number of carbonyl (C=O) groups is 4. The van der Waals surface area contributed by atoms with Crippen LogP contribution in [0.5, 0.6) is 0 Å². The third-order valence-corrected chi connectivity index (χ3v) is 5.50. The van der Waals surface area contributed by atoms with Gasteiger partial charge in [0.15, 0.2) is 0 Å². The lowest BCUT2D eigenvalue weighted by atomic mass is 9.99. The summed E-state index contributed by atoms with van der Waals surface area (Å²) >= 11 is 4.02. The molecule has 1 rings (SSSR count). The Balaban J connectivity index is 2.99. The lowest BCUT2D eigenvalue weighted by molar-refractivity contribution is -0.142. The highest BCUT2D eigenvalue weighted by molar-refractivity contribution is 7.80. The summed E-state index contributed by atoms with van der Waals surface area (Å²) in [6.45, 7) is 7.60. The second-order valence-corrected chi connectivity index (χ2v) is 9.62. The third kappa shape index (κ3) is 10.6. The zero-order valence-corrected chi connectivity index (χ0v) is 21.2. The maximum atomic E-state index is 13.1. The average molecular weight is 495 g/mol. The van der Waals surface area contributed by atoms with Crippen LogP contribution in [0.25, 0.3) is 0 Å². The van der Waals surface area contributed by atoms with Crippen molar-refractivity contribution in [2.24, 2.45) is 17.6 Å². The first kappa shape index (κ1) is 29.4. The van der Waals surface area contributed by atoms with Crippen LogP contribution >= 0.6 is 12.6 Å². The van der Waals surface area contributed by atoms with Crippen molar-refractivity contribution in [2.45, 2.75) is 71.1 Å². The molecule has 3 amide bonds. The van der Waals surface area contributed by atoms with E-state index in [1.165, 1.54) is 0 Å². The summed E-state index contributed by atoms with van der Waals surface area (Å²) in [6, 6.07) is 5.10. The SMILES string of the molecule is CC(C)CC(NC(=O)C(N)CS)C(=O)NC(CC(C)C)C(=O)NC(Cc1ccccc1)C(=O)O. The molecular weight excluding hydrogens is 456 g/mol. The van der Waals surface area contributed by atoms with Crippen LogP contribution < -0.4 is 21.7 Å². The molecule has 4 atom stereocenters. The second-order valence-electron chi connectivity index (χ2n) is 9.26. The Bertz CT molecular complexity index is 819. The molecule has 0 aliphatic carbocycles. The number of amides is 3. The highest BCUT2D eigenvalue weighted by atomic mass is 32.1. The zero-order chi connectivity index (χ0) is 25.8. The summed E-state index contributed by atoms with van der Waals surface area (Å²) in [5, 5.41) is 17.5. The molecule has 1 aromatic carbocycles. The first-order valence-corrected chi connectivity index (χ1v) is 12.1. The number of thiol groups is 1. The van der Waals surface area contributed by atoms with Gasteiger partial charge in [0.05, 0.1) is 6.04 Å². The predicted octanol–water partition coefficient (Wildman–Crippen LogP) is 1.12. The molecule has 0 bridgehead atoms. The van der Waals surface area contributed by atoms with E-state index in [1.807, 2.05) is 33.8 Å². The van der Waals surface area contributed by atoms with E-state index in [-0.39, 0.29) is 24.0 Å². The first-order valence-electron chi connectivity index (χ1n) is 11.5. The van der Waals surface area contributed by atoms with Gasteiger partial charge in [-0.2, -0.15) is 12.6 Å². The Labute approximate surface area is 207 Å². The first-order chi connectivity index (χ1) is 15.9. The summed E-state index contributed by atoms with van der Waals surface area (Å²) in [4.78, 5) is 50.1. The fourth-order valence-corrected chi connectivity index (χ4v) is 3.53. The number of benzene rings is 1. The molecule has 0 saturated carbocycles. The number of hydrogen-bond donors (Lipinski definition) is 6. The lowest BCUT2D eigenvalue weighted by Crippen LogP contribution is -2.57. The van der Waals surface area contributed by atoms with Gasteiger partial charge in [0.2, 0.25) is 17.7 Å². The number of nitrogens with two attached hydrogens (primary N) is 1. The molecule has 6 N–H and O–H groups in total. The smallest absolute Gasteiger partial charge is 0.326 e. The van der Waals surface area contributed by atoms with Crippen molar-refractivity contribution in [1.29, 1.82) is 0 Å². The summed E-state index contributed by atoms with van der Waals surface area (Å²) < 4.78 is 0. The van der Waals surface area contributed by atoms with E-state index in [0.29, 0.717) is 12.8 Å². The number of carboxylic acid groups (broad SMARTS) is 1. The minimum Gasteiger partial charge on any atom is -0.480 e. The summed E-state index contributed by atoms with van der Waals surface area (Å²) in [7, 11) is 0. The van der Waals surface area contributed by atoms with Crippen LogP contribution in [0.1, 0.15) is 46.1 Å². The summed E-state index contributed by atoms with van der Waals surface area (Å²) in [5.74, 6) is -2.53. The zero-order valence-electron chi connectivity index (χ0n) is 20.3. The van der Waals surface area contributed by atoms with E-state index < -0.39 is 47.9 Å². The summed E-state index contributed by atoms with van der Waals surface area (Å²) in [6.07, 6.45) is 0.754. The largest absolute Gasteiger partial charge is 0.480 e. The van der Waals surface area contributed by atoms with Gasteiger partial charge in [-0.15, -0.1) is 0 Å². The van der Waals surface area contributed by atoms with Crippen molar-refractivity contribution >= 4 is 36.3 Å². The van der Waals surface area contributed by atoms with E-state index in [0.717, 1.165) is 5.56 Å². The van der Waals surface area contributed by atoms with E-state index >= 15 is 0 Å². The van der Waals surface area contributed by atoms with Gasteiger partial charge in [-0.05, 0) is 30.2 Å². The lowest BCUT2D eigenvalue weighted by Gasteiger charge is -2.26. The van der Waals surface area contributed by atoms with Gasteiger partial charge in [0.1, 0.15) is 18.1 Å². The minimum absolute atomic E-state index is 0.0456. The number of hydrogen-bond acceptors (Lipinski definition) is 6. The molecule has 190 valence electrons. The molecule has 34 heavy (non-hydrogen) atoms. The minimum atomic E-state index is -1.17. The molecular formula is C24H38N4O5S. The topological polar surface area (TPSA) is 151 Å². The van der Waals surface area contributed by atoms with Crippen molar-refractivity contribution in [2.75, 3.05) is 5.75 Å². The van der Waals surface area contributed by atoms with Gasteiger partial charge in [0, 0.05) is 12.2 Å². The van der Waals surface area contributed by atoms with Crippen molar-refractivity contribution < 1.29 is 24.3 Å². The number of nitrogens with one attached hydrogen (secondary N) is 3. The molecule has 0 aliphatic heterocycles. The van der Waals surface area contributed by atoms with Crippen molar-refractivity contribution in [3.8, 4) is 0 Å². The standard InChI is InChI=1S/C24H38N4O5S/c1-14(2)10-18(26-21(29)17(25)13-34)22(30)27-19(11-15(3)4)23(31)28-20(24(32)33)12-16-8-6-5-7-9-16/h5-9,14-15,17-20,34H,10-13,25H2,1-4H3,(H,26,29)(H,27,30)(H,28,31)(H,32,33). The Morgan fingerprint density at radius 2 is 1.26 bits per heavy atom. The van der Waals surface area contributed by atoms with Crippen LogP contribution in [0.15, 0.2) is 30.3 Å². The van der Waals surface area contributed by atoms with Gasteiger partial charge >= 0.3 is 5.97 Å². The maximum absolute atomic E-state index is 13.1. The molecule has 0 aliphatic rings. The molecule has 1 aromatic rings. The molecule has 0 spiro atoms. The molecule has 0 aromatic heterocycles. The third-order valence-electron chi connectivity index (χ3n) is 5.11. The van der Waals surface area contributed by atoms with Gasteiger partial charge in [-0.1, -0.05) is 58.0 Å².